The summed E-state index contributed by atoms with van der Waals surface area (Å²) in [6.07, 6.45) is -61.9. The van der Waals surface area contributed by atoms with E-state index in [0.717, 1.165) is 11.9 Å². The molecule has 740 valence electrons. The number of fused-ring (bicyclic) bond motifs is 7. The molecule has 129 heavy (non-hydrogen) atoms. The highest BCUT2D eigenvalue weighted by Gasteiger charge is 2.74. The molecule has 12 rings (SSSR count). The molecule has 48 unspecified atom stereocenters. The van der Waals surface area contributed by atoms with Gasteiger partial charge in [-0.05, 0) is 123 Å². The summed E-state index contributed by atoms with van der Waals surface area (Å²) in [5, 5.41) is 233. The third-order valence-electron chi connectivity index (χ3n) is 31.4. The van der Waals surface area contributed by atoms with Crippen LogP contribution in [0.15, 0.2) is 11.6 Å². The summed E-state index contributed by atoms with van der Waals surface area (Å²) in [5.41, 5.74) is -5.43. The molecule has 11 fully saturated rings. The van der Waals surface area contributed by atoms with E-state index < -0.39 is 347 Å². The van der Waals surface area contributed by atoms with E-state index >= 15 is 4.79 Å². The molecule has 7 aliphatic heterocycles. The lowest BCUT2D eigenvalue weighted by molar-refractivity contribution is -0.391. The molecule has 0 spiro atoms. The Kier molecular flexibility index (Phi) is 33.3. The van der Waals surface area contributed by atoms with Gasteiger partial charge in [-0.15, -0.1) is 0 Å². The van der Waals surface area contributed by atoms with Crippen molar-refractivity contribution < 1.29 is 207 Å². The molecule has 12 aliphatic rings. The molecule has 0 aromatic heterocycles. The van der Waals surface area contributed by atoms with Crippen molar-refractivity contribution in [2.24, 2.45) is 62.1 Å². The van der Waals surface area contributed by atoms with Crippen LogP contribution in [0.4, 0.5) is 0 Å². The van der Waals surface area contributed by atoms with Crippen molar-refractivity contribution in [3.05, 3.63) is 11.6 Å². The van der Waals surface area contributed by atoms with Crippen LogP contribution in [0.2, 0.25) is 0 Å². The minimum atomic E-state index is -2.26. The van der Waals surface area contributed by atoms with Crippen molar-refractivity contribution in [1.29, 1.82) is 0 Å². The van der Waals surface area contributed by atoms with E-state index in [4.69, 9.17) is 75.8 Å². The second kappa shape index (κ2) is 41.3. The van der Waals surface area contributed by atoms with Crippen LogP contribution in [0.3, 0.4) is 0 Å². The molecule has 0 aromatic rings. The molecule has 7 saturated heterocycles. The number of carbonyl (C=O) groups is 5. The lowest BCUT2D eigenvalue weighted by Crippen LogP contribution is -2.69. The Morgan fingerprint density at radius 2 is 1.02 bits per heavy atom. The first-order chi connectivity index (χ1) is 60.5. The number of carboxylic acids is 1. The molecular formula is C87H140O42. The van der Waals surface area contributed by atoms with Gasteiger partial charge in [0.05, 0.1) is 87.4 Å². The maximum Gasteiger partial charge on any atom is 0.335 e. The number of allylic oxidation sites excluding steroid dienone is 2. The number of carboxylic acid groups (broad SMARTS) is 1. The molecule has 0 amide bonds. The molecular weight excluding hydrogens is 1720 g/mol. The molecule has 7 heterocycles. The molecule has 48 atom stereocenters. The number of aliphatic hydroxyl groups excluding tert-OH is 20. The van der Waals surface area contributed by atoms with Crippen molar-refractivity contribution in [2.45, 2.75) is 413 Å². The average Bonchev–Trinajstić information content (AvgIpc) is 0.816. The molecule has 0 bridgehead atoms. The summed E-state index contributed by atoms with van der Waals surface area (Å²) >= 11 is 0. The molecule has 5 aliphatic carbocycles. The fourth-order valence-electron chi connectivity index (χ4n) is 22.9. The Balaban J connectivity index is 0.802. The zero-order valence-electron chi connectivity index (χ0n) is 74.9. The first-order valence-corrected chi connectivity index (χ1v) is 45.4. The molecule has 0 radical (unpaired) electrons. The van der Waals surface area contributed by atoms with Gasteiger partial charge in [-0.3, -0.25) is 14.4 Å². The van der Waals surface area contributed by atoms with Crippen molar-refractivity contribution in [2.75, 3.05) is 26.4 Å². The predicted molar refractivity (Wildman–Crippen MR) is 431 cm³/mol. The van der Waals surface area contributed by atoms with Crippen LogP contribution in [0.25, 0.3) is 0 Å². The van der Waals surface area contributed by atoms with Crippen LogP contribution < -0.4 is 0 Å². The van der Waals surface area contributed by atoms with E-state index in [9.17, 15) is 126 Å². The van der Waals surface area contributed by atoms with Crippen molar-refractivity contribution in [1.82, 2.24) is 0 Å². The lowest BCUT2D eigenvalue weighted by Gasteiger charge is -2.71. The van der Waals surface area contributed by atoms with Gasteiger partial charge in [-0.2, -0.15) is 0 Å². The maximum absolute atomic E-state index is 16.4. The van der Waals surface area contributed by atoms with E-state index in [2.05, 4.69) is 26.8 Å². The second-order valence-electron chi connectivity index (χ2n) is 40.1. The molecule has 0 aromatic carbocycles. The third kappa shape index (κ3) is 20.2. The number of hydrogen-bond donors (Lipinski definition) is 21. The fraction of sp³-hybridized carbons (Fsp3) is 0.920. The largest absolute Gasteiger partial charge is 0.479 e. The zero-order valence-corrected chi connectivity index (χ0v) is 74.9. The quantitative estimate of drug-likeness (QED) is 0.00999. The van der Waals surface area contributed by atoms with Gasteiger partial charge in [0.15, 0.2) is 56.1 Å². The SMILES string of the molecule is CCC(C)C(CC(O)CC(=O)OC1C(O)C(C)OC(OC(=O)C23CCC(C)(C)CC2C2=CCC4C5(C)CCC(OC6OC(C(=O)O)C(O)C(OC7OCC(O)C(O)C7O)C6OC6OC(CO)C(O)C(O)C6O)C(C)(C=O)C5CCC4(C)C2(C)CC3O)C1OC1OC(C)C(OC2OCC(O)C(O)C2O)C(O)C1O)OC(=O)CC(O)CC(OC1OC(CO)C(O)C1O)C(C)CC. The Labute approximate surface area is 747 Å². The Morgan fingerprint density at radius 3 is 1.61 bits per heavy atom. The van der Waals surface area contributed by atoms with Crippen molar-refractivity contribution in [3.63, 3.8) is 0 Å². The van der Waals surface area contributed by atoms with Gasteiger partial charge >= 0.3 is 23.9 Å². The standard InChI is InChI=1S/C87H140O42/c1-13-34(3)44(118-52(96)25-39(92)24-45(35(4)14-2)119-77-63(107)58(102)47(30-89)120-77)23-38(91)26-53(97)123-68-54(98)36(5)116-79(71(68)127-76-65(109)60(104)67(37(6)117-76)124-74-61(105)55(99)42(93)31-114-74)129-81(113)87-22-21-82(7,8)27-41(87)40-15-16-49-83(9)19-18-51(84(10,33-90)48(83)17-20-85(49,11)86(40,12)28-50(87)95)122-80-72(128-78-64(108)59(103)57(101)46(29-88)121-78)69(66(110)70(126-80)73(111)112)125-75-62(106)56(100)43(94)32-115-75/h15,33-39,41-51,54-72,74-80,88-89,91-95,98-110H,13-14,16-32H2,1-12H3,(H,111,112). The van der Waals surface area contributed by atoms with E-state index in [1.807, 2.05) is 20.8 Å². The predicted octanol–water partition coefficient (Wildman–Crippen LogP) is -4.15. The van der Waals surface area contributed by atoms with Gasteiger partial charge in [0.25, 0.3) is 0 Å². The minimum Gasteiger partial charge on any atom is -0.479 e. The van der Waals surface area contributed by atoms with Crippen molar-refractivity contribution in [3.8, 4) is 0 Å². The smallest absolute Gasteiger partial charge is 0.335 e. The number of hydrogen-bond acceptors (Lipinski definition) is 41. The monoisotopic (exact) mass is 1860 g/mol. The Hall–Kier alpha value is -4.03. The minimum absolute atomic E-state index is 0.0270. The van der Waals surface area contributed by atoms with Crippen molar-refractivity contribution >= 4 is 30.2 Å². The van der Waals surface area contributed by atoms with E-state index in [1.165, 1.54) is 13.8 Å². The van der Waals surface area contributed by atoms with Crippen LogP contribution in [-0.4, -0.2) is 397 Å². The zero-order chi connectivity index (χ0) is 94.9. The average molecular weight is 1860 g/mol. The fourth-order valence-corrected chi connectivity index (χ4v) is 22.9. The molecule has 42 heteroatoms. The van der Waals surface area contributed by atoms with Crippen LogP contribution in [-0.2, 0) is 99.8 Å². The number of aliphatic carboxylic acids is 1. The van der Waals surface area contributed by atoms with E-state index in [1.54, 1.807) is 27.7 Å². The first kappa shape index (κ1) is 104. The Morgan fingerprint density at radius 1 is 0.504 bits per heavy atom. The van der Waals surface area contributed by atoms with E-state index in [-0.39, 0.29) is 43.9 Å². The van der Waals surface area contributed by atoms with Gasteiger partial charge in [0.2, 0.25) is 6.29 Å². The maximum atomic E-state index is 16.4. The number of esters is 3. The molecule has 42 nitrogen and oxygen atoms in total. The van der Waals surface area contributed by atoms with Crippen LogP contribution in [0, 0.1) is 62.1 Å². The van der Waals surface area contributed by atoms with Gasteiger partial charge < -0.3 is 188 Å². The number of aldehydes is 1. The third-order valence-corrected chi connectivity index (χ3v) is 31.4. The summed E-state index contributed by atoms with van der Waals surface area (Å²) in [6.45, 7) is 19.3. The van der Waals surface area contributed by atoms with Crippen LogP contribution in [0.1, 0.15) is 179 Å². The Bertz CT molecular complexity index is 3790. The molecule has 4 saturated carbocycles. The summed E-state index contributed by atoms with van der Waals surface area (Å²) in [6, 6.07) is 0. The van der Waals surface area contributed by atoms with Gasteiger partial charge in [0.1, 0.15) is 140 Å². The highest BCUT2D eigenvalue weighted by molar-refractivity contribution is 5.80. The van der Waals surface area contributed by atoms with Crippen LogP contribution in [0.5, 0.6) is 0 Å². The number of ether oxygens (including phenoxy) is 16. The highest BCUT2D eigenvalue weighted by Crippen LogP contribution is 2.76. The van der Waals surface area contributed by atoms with Crippen LogP contribution >= 0.6 is 0 Å². The highest BCUT2D eigenvalue weighted by atomic mass is 16.8. The number of aliphatic hydroxyl groups is 20. The van der Waals surface area contributed by atoms with Gasteiger partial charge in [0, 0.05) is 12.8 Å². The summed E-state index contributed by atoms with van der Waals surface area (Å²) in [7, 11) is 0. The number of rotatable bonds is 32. The summed E-state index contributed by atoms with van der Waals surface area (Å²) in [4.78, 5) is 72.3. The molecule has 21 N–H and O–H groups in total. The van der Waals surface area contributed by atoms with E-state index in [0.29, 0.717) is 51.4 Å². The normalized spacial score (nSPS) is 48.4. The summed E-state index contributed by atoms with van der Waals surface area (Å²) in [5.74, 6) is -7.24. The van der Waals surface area contributed by atoms with Gasteiger partial charge in [-0.25, -0.2) is 4.79 Å². The van der Waals surface area contributed by atoms with Gasteiger partial charge in [-0.1, -0.05) is 93.7 Å². The topological polar surface area (TPSA) is 658 Å². The lowest BCUT2D eigenvalue weighted by atomic mass is 9.33. The number of carbonyl (C=O) groups excluding carboxylic acids is 4. The first-order valence-electron chi connectivity index (χ1n) is 45.4. The second-order valence-corrected chi connectivity index (χ2v) is 40.1. The summed E-state index contributed by atoms with van der Waals surface area (Å²) < 4.78 is 96.9.